The fourth-order valence-electron chi connectivity index (χ4n) is 5.81. The predicted octanol–water partition coefficient (Wildman–Crippen LogP) is 3.72. The summed E-state index contributed by atoms with van der Waals surface area (Å²) in [5, 5.41) is 0. The van der Waals surface area contributed by atoms with Crippen LogP contribution in [-0.4, -0.2) is 69.9 Å². The Morgan fingerprint density at radius 3 is 2.47 bits per heavy atom. The number of hydrogen-bond donors (Lipinski definition) is 0. The number of carbonyl (C=O) groups is 2. The highest BCUT2D eigenvalue weighted by Crippen LogP contribution is 2.27. The molecule has 0 atom stereocenters. The van der Waals surface area contributed by atoms with Crippen LogP contribution in [-0.2, 0) is 29.0 Å². The van der Waals surface area contributed by atoms with Gasteiger partial charge in [-0.2, -0.15) is 0 Å². The van der Waals surface area contributed by atoms with Crippen molar-refractivity contribution in [2.45, 2.75) is 65.0 Å². The van der Waals surface area contributed by atoms with Crippen LogP contribution in [0.2, 0.25) is 0 Å². The highest BCUT2D eigenvalue weighted by atomic mass is 19.1. The number of hydrogen-bond acceptors (Lipinski definition) is 7. The summed E-state index contributed by atoms with van der Waals surface area (Å²) in [6.07, 6.45) is 5.94. The zero-order valence-corrected chi connectivity index (χ0v) is 25.8. The first kappa shape index (κ1) is 32.0. The Balaban J connectivity index is 1.40. The van der Waals surface area contributed by atoms with Crippen LogP contribution in [0.25, 0.3) is 0 Å². The molecule has 2 aliphatic heterocycles. The third kappa shape index (κ3) is 7.11. The molecule has 238 valence electrons. The number of anilines is 1. The number of aliphatic imine (C=N–C) groups is 1. The summed E-state index contributed by atoms with van der Waals surface area (Å²) in [6.45, 7) is 4.81. The number of methoxy groups -OCH3 is 1. The van der Waals surface area contributed by atoms with Gasteiger partial charge in [0.15, 0.2) is 0 Å². The number of unbranched alkanes of at least 4 members (excludes halogenated alkanes) is 1. The molecule has 1 fully saturated rings. The standard InChI is InChI=1S/C33H39FN6O5/c1-3-15-40-32(43)26-21-27(36-30(26)39(33(40)44)18-4-5-20-45-2)24-11-14-28(35-22-24)38(19-7-17-37-16-6-8-29(37)41)31(42)23-9-12-25(34)13-10-23/h9-14,22H,3-8,15-21H2,1-2H3. The van der Waals surface area contributed by atoms with E-state index in [2.05, 4.69) is 4.98 Å². The highest BCUT2D eigenvalue weighted by molar-refractivity contribution is 6.07. The van der Waals surface area contributed by atoms with Gasteiger partial charge >= 0.3 is 5.69 Å². The van der Waals surface area contributed by atoms with Gasteiger partial charge in [-0.05, 0) is 68.5 Å². The predicted molar refractivity (Wildman–Crippen MR) is 169 cm³/mol. The minimum absolute atomic E-state index is 0.120. The van der Waals surface area contributed by atoms with Crippen molar-refractivity contribution in [1.82, 2.24) is 19.0 Å². The summed E-state index contributed by atoms with van der Waals surface area (Å²) in [6, 6.07) is 8.88. The van der Waals surface area contributed by atoms with E-state index in [1.807, 2.05) is 6.92 Å². The maximum absolute atomic E-state index is 13.6. The first-order valence-corrected chi connectivity index (χ1v) is 15.6. The van der Waals surface area contributed by atoms with Gasteiger partial charge in [0.05, 0.1) is 11.3 Å². The van der Waals surface area contributed by atoms with Crippen molar-refractivity contribution >= 4 is 29.2 Å². The Bertz CT molecular complexity index is 1680. The molecule has 45 heavy (non-hydrogen) atoms. The lowest BCUT2D eigenvalue weighted by atomic mass is 10.1. The van der Waals surface area contributed by atoms with E-state index < -0.39 is 5.82 Å². The van der Waals surface area contributed by atoms with Crippen LogP contribution in [0.15, 0.2) is 57.2 Å². The van der Waals surface area contributed by atoms with E-state index in [0.717, 1.165) is 12.8 Å². The molecule has 0 aliphatic carbocycles. The first-order valence-electron chi connectivity index (χ1n) is 15.6. The molecular weight excluding hydrogens is 579 g/mol. The molecular formula is C33H39FN6O5. The van der Waals surface area contributed by atoms with Crippen molar-refractivity contribution in [3.8, 4) is 0 Å². The Kier molecular flexibility index (Phi) is 10.3. The van der Waals surface area contributed by atoms with E-state index in [1.54, 1.807) is 34.9 Å². The second-order valence-electron chi connectivity index (χ2n) is 11.3. The number of ether oxygens (including phenoxy) is 1. The van der Waals surface area contributed by atoms with E-state index >= 15 is 0 Å². The number of rotatable bonds is 14. The van der Waals surface area contributed by atoms with Crippen LogP contribution in [0.5, 0.6) is 0 Å². The maximum Gasteiger partial charge on any atom is 0.332 e. The molecule has 1 aromatic carbocycles. The first-order chi connectivity index (χ1) is 21.8. The SMILES string of the molecule is CCCn1c(=O)c2c(n(CCCCOC)c1=O)N=C(c1ccc(N(CCCN3CCCC3=O)C(=O)c3ccc(F)cc3)nc1)C2. The number of amides is 2. The quantitative estimate of drug-likeness (QED) is 0.254. The minimum atomic E-state index is -0.437. The smallest absolute Gasteiger partial charge is 0.332 e. The summed E-state index contributed by atoms with van der Waals surface area (Å²) < 4.78 is 21.6. The van der Waals surface area contributed by atoms with Gasteiger partial charge in [0.25, 0.3) is 11.5 Å². The normalized spacial score (nSPS) is 14.2. The molecule has 0 N–H and O–H groups in total. The van der Waals surface area contributed by atoms with Crippen LogP contribution in [0, 0.1) is 5.82 Å². The monoisotopic (exact) mass is 618 g/mol. The van der Waals surface area contributed by atoms with Crippen LogP contribution >= 0.6 is 0 Å². The van der Waals surface area contributed by atoms with Gasteiger partial charge in [-0.3, -0.25) is 28.4 Å². The Morgan fingerprint density at radius 2 is 1.80 bits per heavy atom. The molecule has 0 unspecified atom stereocenters. The average Bonchev–Trinajstić information content (AvgIpc) is 3.68. The van der Waals surface area contributed by atoms with Crippen molar-refractivity contribution in [3.63, 3.8) is 0 Å². The summed E-state index contributed by atoms with van der Waals surface area (Å²) in [5.74, 6) is 0.140. The van der Waals surface area contributed by atoms with Crippen LogP contribution < -0.4 is 16.1 Å². The summed E-state index contributed by atoms with van der Waals surface area (Å²) in [4.78, 5) is 64.9. The number of benzene rings is 1. The molecule has 4 heterocycles. The van der Waals surface area contributed by atoms with E-state index in [9.17, 15) is 23.6 Å². The van der Waals surface area contributed by atoms with E-state index in [0.29, 0.717) is 99.1 Å². The molecule has 0 bridgehead atoms. The molecule has 12 heteroatoms. The lowest BCUT2D eigenvalue weighted by Gasteiger charge is -2.24. The Hall–Kier alpha value is -4.45. The third-order valence-corrected chi connectivity index (χ3v) is 8.18. The summed E-state index contributed by atoms with van der Waals surface area (Å²) in [5.41, 5.74) is 1.42. The minimum Gasteiger partial charge on any atom is -0.385 e. The van der Waals surface area contributed by atoms with Gasteiger partial charge in [0.1, 0.15) is 17.5 Å². The number of halogens is 1. The highest BCUT2D eigenvalue weighted by Gasteiger charge is 2.27. The third-order valence-electron chi connectivity index (χ3n) is 8.18. The van der Waals surface area contributed by atoms with Gasteiger partial charge in [-0.15, -0.1) is 0 Å². The van der Waals surface area contributed by atoms with E-state index in [4.69, 9.17) is 9.73 Å². The zero-order chi connectivity index (χ0) is 31.9. The molecule has 1 saturated heterocycles. The van der Waals surface area contributed by atoms with Crippen molar-refractivity contribution in [1.29, 1.82) is 0 Å². The molecule has 2 aliphatic rings. The second-order valence-corrected chi connectivity index (χ2v) is 11.3. The van der Waals surface area contributed by atoms with Crippen LogP contribution in [0.1, 0.15) is 66.9 Å². The number of carbonyl (C=O) groups excluding carboxylic acids is 2. The van der Waals surface area contributed by atoms with Crippen LogP contribution in [0.3, 0.4) is 0 Å². The molecule has 0 radical (unpaired) electrons. The fraction of sp³-hybridized carbons (Fsp3) is 0.455. The van der Waals surface area contributed by atoms with Crippen molar-refractivity contribution in [2.24, 2.45) is 4.99 Å². The van der Waals surface area contributed by atoms with Crippen molar-refractivity contribution in [3.05, 3.63) is 85.9 Å². The summed E-state index contributed by atoms with van der Waals surface area (Å²) in [7, 11) is 1.63. The van der Waals surface area contributed by atoms with Gasteiger partial charge in [0.2, 0.25) is 5.91 Å². The number of pyridine rings is 1. The summed E-state index contributed by atoms with van der Waals surface area (Å²) >= 11 is 0. The fourth-order valence-corrected chi connectivity index (χ4v) is 5.81. The van der Waals surface area contributed by atoms with Gasteiger partial charge in [0, 0.05) is 76.6 Å². The van der Waals surface area contributed by atoms with Gasteiger partial charge < -0.3 is 9.64 Å². The van der Waals surface area contributed by atoms with Crippen molar-refractivity contribution in [2.75, 3.05) is 38.3 Å². The lowest BCUT2D eigenvalue weighted by Crippen LogP contribution is -2.41. The molecule has 0 saturated carbocycles. The number of nitrogens with zero attached hydrogens (tertiary/aromatic N) is 6. The number of aromatic nitrogens is 3. The second kappa shape index (κ2) is 14.6. The molecule has 3 aromatic rings. The molecule has 0 spiro atoms. The molecule has 5 rings (SSSR count). The maximum atomic E-state index is 13.6. The number of fused-ring (bicyclic) bond motifs is 1. The van der Waals surface area contributed by atoms with Gasteiger partial charge in [-0.1, -0.05) is 6.92 Å². The van der Waals surface area contributed by atoms with E-state index in [-0.39, 0.29) is 29.5 Å². The average molecular weight is 619 g/mol. The van der Waals surface area contributed by atoms with E-state index in [1.165, 1.54) is 33.7 Å². The van der Waals surface area contributed by atoms with Crippen molar-refractivity contribution < 1.29 is 18.7 Å². The topological polar surface area (TPSA) is 119 Å². The molecule has 2 aromatic heterocycles. The lowest BCUT2D eigenvalue weighted by molar-refractivity contribution is -0.127. The van der Waals surface area contributed by atoms with Gasteiger partial charge in [-0.25, -0.2) is 19.2 Å². The molecule has 2 amide bonds. The molecule has 11 nitrogen and oxygen atoms in total. The largest absolute Gasteiger partial charge is 0.385 e. The zero-order valence-electron chi connectivity index (χ0n) is 25.8. The van der Waals surface area contributed by atoms with Crippen LogP contribution in [0.4, 0.5) is 16.0 Å². The Morgan fingerprint density at radius 1 is 1.00 bits per heavy atom. The number of likely N-dealkylation sites (tertiary alicyclic amines) is 1. The Labute approximate surface area is 261 Å².